The van der Waals surface area contributed by atoms with Crippen molar-refractivity contribution >= 4 is 34.8 Å². The maximum atomic E-state index is 6.48. The van der Waals surface area contributed by atoms with Gasteiger partial charge >= 0.3 is 0 Å². The fourth-order valence-corrected chi connectivity index (χ4v) is 8.36. The van der Waals surface area contributed by atoms with Crippen LogP contribution in [0.4, 0.5) is 0 Å². The second-order valence-corrected chi connectivity index (χ2v) is 10.8. The first-order valence-electron chi connectivity index (χ1n) is 9.61. The largest absolute Gasteiger partial charge is 0.495 e. The summed E-state index contributed by atoms with van der Waals surface area (Å²) in [5.74, 6) is 0.707. The third-order valence-corrected chi connectivity index (χ3v) is 9.90. The van der Waals surface area contributed by atoms with Crippen molar-refractivity contribution in [2.75, 3.05) is 7.11 Å². The van der Waals surface area contributed by atoms with Gasteiger partial charge in [0.15, 0.2) is 0 Å². The Balaban J connectivity index is 1.96. The van der Waals surface area contributed by atoms with E-state index in [9.17, 15) is 0 Å². The van der Waals surface area contributed by atoms with E-state index in [2.05, 4.69) is 97.1 Å². The van der Waals surface area contributed by atoms with Crippen LogP contribution in [0.25, 0.3) is 0 Å². The monoisotopic (exact) mass is 417 g/mol. The highest BCUT2D eigenvalue weighted by atomic mass is 35.5. The van der Waals surface area contributed by atoms with Crippen LogP contribution < -0.4 is 20.7 Å². The van der Waals surface area contributed by atoms with Gasteiger partial charge in [0.1, 0.15) is 28.9 Å². The van der Waals surface area contributed by atoms with E-state index in [-0.39, 0.29) is 0 Å². The van der Waals surface area contributed by atoms with Crippen molar-refractivity contribution in [1.82, 2.24) is 0 Å². The zero-order valence-electron chi connectivity index (χ0n) is 16.3. The molecule has 144 valence electrons. The third-order valence-electron chi connectivity index (χ3n) is 5.23. The van der Waals surface area contributed by atoms with E-state index in [0.717, 1.165) is 6.16 Å². The zero-order valence-corrected chi connectivity index (χ0v) is 18.0. The summed E-state index contributed by atoms with van der Waals surface area (Å²) >= 11 is 6.48. The molecule has 0 aliphatic rings. The highest BCUT2D eigenvalue weighted by molar-refractivity contribution is 7.95. The average Bonchev–Trinajstić information content (AvgIpc) is 2.79. The molecule has 29 heavy (non-hydrogen) atoms. The van der Waals surface area contributed by atoms with Crippen LogP contribution in [0.5, 0.6) is 5.75 Å². The number of hydrogen-bond donors (Lipinski definition) is 0. The van der Waals surface area contributed by atoms with E-state index in [1.807, 2.05) is 12.1 Å². The number of rotatable bonds is 6. The lowest BCUT2D eigenvalue weighted by Crippen LogP contribution is -2.32. The maximum Gasteiger partial charge on any atom is 0.137 e. The molecule has 3 heteroatoms. The van der Waals surface area contributed by atoms with Gasteiger partial charge in [0.05, 0.1) is 18.3 Å². The van der Waals surface area contributed by atoms with Crippen molar-refractivity contribution in [1.29, 1.82) is 0 Å². The fraction of sp³-hybridized carbons (Fsp3) is 0.0769. The van der Waals surface area contributed by atoms with Gasteiger partial charge in [-0.05, 0) is 54.1 Å². The van der Waals surface area contributed by atoms with Gasteiger partial charge in [-0.25, -0.2) is 0 Å². The Hall–Kier alpha value is -2.60. The van der Waals surface area contributed by atoms with Gasteiger partial charge in [0.2, 0.25) is 0 Å². The van der Waals surface area contributed by atoms with Crippen LogP contribution >= 0.6 is 18.9 Å². The predicted octanol–water partition coefficient (Wildman–Crippen LogP) is 5.84. The highest BCUT2D eigenvalue weighted by Gasteiger charge is 2.45. The predicted molar refractivity (Wildman–Crippen MR) is 127 cm³/mol. The molecule has 4 aromatic rings. The number of halogens is 1. The molecule has 0 radical (unpaired) electrons. The molecular formula is C26H23ClOP+. The normalized spacial score (nSPS) is 11.2. The molecule has 0 N–H and O–H groups in total. The molecule has 0 unspecified atom stereocenters. The molecule has 0 amide bonds. The summed E-state index contributed by atoms with van der Waals surface area (Å²) < 4.78 is 5.36. The molecular weight excluding hydrogens is 395 g/mol. The molecule has 0 aliphatic heterocycles. The highest BCUT2D eigenvalue weighted by Crippen LogP contribution is 2.58. The Morgan fingerprint density at radius 2 is 1.10 bits per heavy atom. The van der Waals surface area contributed by atoms with Crippen LogP contribution in [0.1, 0.15) is 5.56 Å². The Kier molecular flexibility index (Phi) is 6.00. The number of benzene rings is 4. The van der Waals surface area contributed by atoms with Crippen molar-refractivity contribution < 1.29 is 4.74 Å². The van der Waals surface area contributed by atoms with Gasteiger partial charge in [0, 0.05) is 0 Å². The van der Waals surface area contributed by atoms with Gasteiger partial charge < -0.3 is 4.74 Å². The Bertz CT molecular complexity index is 969. The van der Waals surface area contributed by atoms with E-state index < -0.39 is 7.26 Å². The smallest absolute Gasteiger partial charge is 0.137 e. The first-order chi connectivity index (χ1) is 14.2. The molecule has 4 rings (SSSR count). The van der Waals surface area contributed by atoms with Gasteiger partial charge in [-0.2, -0.15) is 0 Å². The SMILES string of the molecule is COc1ccc(C[P+](c2ccccc2)(c2ccccc2)c2ccccc2)cc1Cl. The number of methoxy groups -OCH3 is 1. The van der Waals surface area contributed by atoms with E-state index in [1.165, 1.54) is 21.5 Å². The standard InChI is InChI=1S/C26H23ClOP/c1-28-26-18-17-21(19-25(26)27)20-29(22-11-5-2-6-12-22,23-13-7-3-8-14-23)24-15-9-4-10-16-24/h2-19H,20H2,1H3/q+1. The molecule has 0 heterocycles. The lowest BCUT2D eigenvalue weighted by Gasteiger charge is -2.28. The molecule has 0 fully saturated rings. The lowest BCUT2D eigenvalue weighted by molar-refractivity contribution is 0.415. The van der Waals surface area contributed by atoms with Crippen molar-refractivity contribution in [3.8, 4) is 5.75 Å². The van der Waals surface area contributed by atoms with Gasteiger partial charge in [-0.3, -0.25) is 0 Å². The summed E-state index contributed by atoms with van der Waals surface area (Å²) in [6, 6.07) is 38.8. The van der Waals surface area contributed by atoms with Crippen LogP contribution in [-0.2, 0) is 6.16 Å². The van der Waals surface area contributed by atoms with E-state index in [4.69, 9.17) is 16.3 Å². The Morgan fingerprint density at radius 1 is 0.655 bits per heavy atom. The molecule has 0 atom stereocenters. The number of ether oxygens (including phenoxy) is 1. The quantitative estimate of drug-likeness (QED) is 0.358. The summed E-state index contributed by atoms with van der Waals surface area (Å²) in [5.41, 5.74) is 1.21. The molecule has 0 aliphatic carbocycles. The molecule has 4 aromatic carbocycles. The fourth-order valence-electron chi connectivity index (χ4n) is 3.85. The van der Waals surface area contributed by atoms with E-state index in [0.29, 0.717) is 10.8 Å². The van der Waals surface area contributed by atoms with Gasteiger partial charge in [-0.15, -0.1) is 0 Å². The van der Waals surface area contributed by atoms with Gasteiger partial charge in [-0.1, -0.05) is 72.3 Å². The summed E-state index contributed by atoms with van der Waals surface area (Å²) in [4.78, 5) is 0. The maximum absolute atomic E-state index is 6.48. The number of hydrogen-bond acceptors (Lipinski definition) is 1. The topological polar surface area (TPSA) is 9.23 Å². The minimum atomic E-state index is -1.92. The van der Waals surface area contributed by atoms with E-state index >= 15 is 0 Å². The second kappa shape index (κ2) is 8.82. The molecule has 0 saturated carbocycles. The minimum absolute atomic E-state index is 0.650. The summed E-state index contributed by atoms with van der Waals surface area (Å²) in [6.07, 6.45) is 0.898. The van der Waals surface area contributed by atoms with Crippen molar-refractivity contribution in [2.45, 2.75) is 6.16 Å². The molecule has 0 spiro atoms. The van der Waals surface area contributed by atoms with Crippen LogP contribution in [0.3, 0.4) is 0 Å². The zero-order chi connectivity index (χ0) is 20.1. The average molecular weight is 418 g/mol. The molecule has 0 bridgehead atoms. The minimum Gasteiger partial charge on any atom is -0.495 e. The van der Waals surface area contributed by atoms with Crippen LogP contribution in [0, 0.1) is 0 Å². The third kappa shape index (κ3) is 3.94. The van der Waals surface area contributed by atoms with Crippen LogP contribution in [0.15, 0.2) is 109 Å². The van der Waals surface area contributed by atoms with Crippen molar-refractivity contribution in [3.05, 3.63) is 120 Å². The Morgan fingerprint density at radius 3 is 1.48 bits per heavy atom. The summed E-state index contributed by atoms with van der Waals surface area (Å²) in [7, 11) is -0.269. The second-order valence-electron chi connectivity index (χ2n) is 6.94. The summed E-state index contributed by atoms with van der Waals surface area (Å²) in [5, 5.41) is 4.75. The first-order valence-corrected chi connectivity index (χ1v) is 12.0. The molecule has 0 saturated heterocycles. The molecule has 0 aromatic heterocycles. The first kappa shape index (κ1) is 19.7. The van der Waals surface area contributed by atoms with Crippen LogP contribution in [0.2, 0.25) is 5.02 Å². The van der Waals surface area contributed by atoms with Crippen molar-refractivity contribution in [2.24, 2.45) is 0 Å². The van der Waals surface area contributed by atoms with Crippen LogP contribution in [-0.4, -0.2) is 7.11 Å². The summed E-state index contributed by atoms with van der Waals surface area (Å²) in [6.45, 7) is 0. The van der Waals surface area contributed by atoms with Gasteiger partial charge in [0.25, 0.3) is 0 Å². The Labute approximate surface area is 178 Å². The van der Waals surface area contributed by atoms with E-state index in [1.54, 1.807) is 7.11 Å². The lowest BCUT2D eigenvalue weighted by atomic mass is 10.2. The van der Waals surface area contributed by atoms with Crippen molar-refractivity contribution in [3.63, 3.8) is 0 Å². The molecule has 1 nitrogen and oxygen atoms in total.